The van der Waals surface area contributed by atoms with Crippen LogP contribution in [-0.2, 0) is 4.74 Å². The molecule has 1 aliphatic heterocycles. The molecule has 1 aliphatic rings. The zero-order chi connectivity index (χ0) is 12.2. The van der Waals surface area contributed by atoms with Crippen LogP contribution in [0.5, 0.6) is 0 Å². The van der Waals surface area contributed by atoms with Crippen LogP contribution >= 0.6 is 0 Å². The van der Waals surface area contributed by atoms with Crippen LogP contribution in [-0.4, -0.2) is 73.9 Å². The van der Waals surface area contributed by atoms with E-state index >= 15 is 0 Å². The molecular formula is C12H27N3O. The summed E-state index contributed by atoms with van der Waals surface area (Å²) in [5, 5.41) is 4.70. The molecule has 1 fully saturated rings. The Labute approximate surface area is 100 Å². The summed E-state index contributed by atoms with van der Waals surface area (Å²) in [4.78, 5) is 2.55. The second kappa shape index (κ2) is 5.96. The van der Waals surface area contributed by atoms with E-state index in [9.17, 15) is 0 Å². The van der Waals surface area contributed by atoms with E-state index in [0.29, 0.717) is 5.54 Å². The second-order valence-corrected chi connectivity index (χ2v) is 5.49. The van der Waals surface area contributed by atoms with Crippen LogP contribution in [0.15, 0.2) is 0 Å². The smallest absolute Gasteiger partial charge is 0.0603 e. The number of nitrogens with zero attached hydrogens (tertiary/aromatic N) is 3. The van der Waals surface area contributed by atoms with Crippen molar-refractivity contribution >= 4 is 0 Å². The fourth-order valence-corrected chi connectivity index (χ4v) is 2.07. The molecule has 1 rings (SSSR count). The molecule has 1 saturated heterocycles. The SMILES string of the molecule is COCCN(C)N1CCN(C(C)(C)C)CC1. The molecular weight excluding hydrogens is 202 g/mol. The molecule has 0 aromatic rings. The van der Waals surface area contributed by atoms with Gasteiger partial charge >= 0.3 is 0 Å². The van der Waals surface area contributed by atoms with Crippen molar-refractivity contribution < 1.29 is 4.74 Å². The summed E-state index contributed by atoms with van der Waals surface area (Å²) in [6.07, 6.45) is 0. The van der Waals surface area contributed by atoms with E-state index in [2.05, 4.69) is 42.7 Å². The van der Waals surface area contributed by atoms with E-state index in [-0.39, 0.29) is 0 Å². The first-order valence-electron chi connectivity index (χ1n) is 6.15. The molecule has 0 aromatic carbocycles. The number of rotatable bonds is 4. The van der Waals surface area contributed by atoms with Crippen LogP contribution in [0.3, 0.4) is 0 Å². The van der Waals surface area contributed by atoms with Gasteiger partial charge in [-0.25, -0.2) is 10.0 Å². The lowest BCUT2D eigenvalue weighted by Crippen LogP contribution is -2.57. The van der Waals surface area contributed by atoms with Crippen molar-refractivity contribution in [3.63, 3.8) is 0 Å². The topological polar surface area (TPSA) is 19.0 Å². The zero-order valence-electron chi connectivity index (χ0n) is 11.5. The Morgan fingerprint density at radius 2 is 1.69 bits per heavy atom. The summed E-state index contributed by atoms with van der Waals surface area (Å²) in [5.74, 6) is 0. The summed E-state index contributed by atoms with van der Waals surface area (Å²) < 4.78 is 5.10. The van der Waals surface area contributed by atoms with E-state index in [1.807, 2.05) is 0 Å². The fraction of sp³-hybridized carbons (Fsp3) is 1.00. The van der Waals surface area contributed by atoms with E-state index in [1.54, 1.807) is 7.11 Å². The maximum Gasteiger partial charge on any atom is 0.0603 e. The van der Waals surface area contributed by atoms with Crippen LogP contribution in [0.25, 0.3) is 0 Å². The predicted octanol–water partition coefficient (Wildman–Crippen LogP) is 0.896. The Bertz CT molecular complexity index is 195. The molecule has 96 valence electrons. The minimum absolute atomic E-state index is 0.303. The molecule has 0 amide bonds. The Morgan fingerprint density at radius 1 is 1.12 bits per heavy atom. The standard InChI is InChI=1S/C12H27N3O/c1-12(2,3)14-6-8-15(9-7-14)13(4)10-11-16-5/h6-11H2,1-5H3. The maximum atomic E-state index is 5.10. The predicted molar refractivity (Wildman–Crippen MR) is 67.4 cm³/mol. The summed E-state index contributed by atoms with van der Waals surface area (Å²) in [7, 11) is 3.90. The molecule has 1 heterocycles. The minimum Gasteiger partial charge on any atom is -0.383 e. The highest BCUT2D eigenvalue weighted by molar-refractivity contribution is 4.81. The van der Waals surface area contributed by atoms with Gasteiger partial charge < -0.3 is 4.74 Å². The van der Waals surface area contributed by atoms with Gasteiger partial charge in [-0.1, -0.05) is 0 Å². The third-order valence-electron chi connectivity index (χ3n) is 3.31. The van der Waals surface area contributed by atoms with Gasteiger partial charge in [-0.05, 0) is 20.8 Å². The maximum absolute atomic E-state index is 5.10. The molecule has 4 nitrogen and oxygen atoms in total. The van der Waals surface area contributed by atoms with Gasteiger partial charge in [0.25, 0.3) is 0 Å². The monoisotopic (exact) mass is 229 g/mol. The number of piperazine rings is 1. The lowest BCUT2D eigenvalue weighted by atomic mass is 10.1. The average Bonchev–Trinajstić information content (AvgIpc) is 2.25. The van der Waals surface area contributed by atoms with Crippen LogP contribution < -0.4 is 0 Å². The lowest BCUT2D eigenvalue weighted by Gasteiger charge is -2.44. The van der Waals surface area contributed by atoms with Crippen molar-refractivity contribution in [3.05, 3.63) is 0 Å². The first-order chi connectivity index (χ1) is 7.45. The highest BCUT2D eigenvalue weighted by Gasteiger charge is 2.26. The van der Waals surface area contributed by atoms with E-state index in [1.165, 1.54) is 0 Å². The van der Waals surface area contributed by atoms with Crippen molar-refractivity contribution in [3.8, 4) is 0 Å². The number of hydrazine groups is 1. The van der Waals surface area contributed by atoms with Crippen molar-refractivity contribution in [1.82, 2.24) is 14.9 Å². The molecule has 0 saturated carbocycles. The van der Waals surface area contributed by atoms with Crippen LogP contribution in [0, 0.1) is 0 Å². The van der Waals surface area contributed by atoms with Crippen molar-refractivity contribution in [2.24, 2.45) is 0 Å². The summed E-state index contributed by atoms with van der Waals surface area (Å²) in [5.41, 5.74) is 0.303. The van der Waals surface area contributed by atoms with Gasteiger partial charge in [0, 0.05) is 52.4 Å². The number of hydrogen-bond donors (Lipinski definition) is 0. The molecule has 0 bridgehead atoms. The molecule has 0 aromatic heterocycles. The highest BCUT2D eigenvalue weighted by atomic mass is 16.5. The molecule has 0 aliphatic carbocycles. The van der Waals surface area contributed by atoms with Crippen LogP contribution in [0.4, 0.5) is 0 Å². The number of hydrogen-bond acceptors (Lipinski definition) is 4. The van der Waals surface area contributed by atoms with Gasteiger partial charge in [0.1, 0.15) is 0 Å². The number of methoxy groups -OCH3 is 1. The molecule has 16 heavy (non-hydrogen) atoms. The molecule has 0 unspecified atom stereocenters. The van der Waals surface area contributed by atoms with Crippen molar-refractivity contribution in [1.29, 1.82) is 0 Å². The third kappa shape index (κ3) is 4.01. The molecule has 4 heteroatoms. The fourth-order valence-electron chi connectivity index (χ4n) is 2.07. The van der Waals surface area contributed by atoms with Crippen molar-refractivity contribution in [2.75, 3.05) is 53.5 Å². The van der Waals surface area contributed by atoms with E-state index in [4.69, 9.17) is 4.74 Å². The summed E-state index contributed by atoms with van der Waals surface area (Å²) in [6, 6.07) is 0. The van der Waals surface area contributed by atoms with Gasteiger partial charge in [-0.15, -0.1) is 0 Å². The van der Waals surface area contributed by atoms with Gasteiger partial charge in [0.15, 0.2) is 0 Å². The second-order valence-electron chi connectivity index (χ2n) is 5.49. The average molecular weight is 229 g/mol. The minimum atomic E-state index is 0.303. The Morgan fingerprint density at radius 3 is 2.12 bits per heavy atom. The van der Waals surface area contributed by atoms with Gasteiger partial charge in [-0.3, -0.25) is 4.90 Å². The largest absolute Gasteiger partial charge is 0.383 e. The highest BCUT2D eigenvalue weighted by Crippen LogP contribution is 2.16. The first-order valence-corrected chi connectivity index (χ1v) is 6.15. The molecule has 0 N–H and O–H groups in total. The molecule has 0 atom stereocenters. The van der Waals surface area contributed by atoms with Crippen LogP contribution in [0.2, 0.25) is 0 Å². The zero-order valence-corrected chi connectivity index (χ0v) is 11.5. The van der Waals surface area contributed by atoms with E-state index in [0.717, 1.165) is 39.3 Å². The van der Waals surface area contributed by atoms with E-state index < -0.39 is 0 Å². The number of ether oxygens (including phenoxy) is 1. The van der Waals surface area contributed by atoms with Crippen LogP contribution in [0.1, 0.15) is 20.8 Å². The first kappa shape index (κ1) is 13.9. The Kier molecular flexibility index (Phi) is 5.18. The number of likely N-dealkylation sites (N-methyl/N-ethyl adjacent to an activating group) is 1. The van der Waals surface area contributed by atoms with Crippen molar-refractivity contribution in [2.45, 2.75) is 26.3 Å². The third-order valence-corrected chi connectivity index (χ3v) is 3.31. The van der Waals surface area contributed by atoms with Gasteiger partial charge in [0.2, 0.25) is 0 Å². The summed E-state index contributed by atoms with van der Waals surface area (Å²) >= 11 is 0. The Balaban J connectivity index is 2.31. The summed E-state index contributed by atoms with van der Waals surface area (Å²) in [6.45, 7) is 13.2. The molecule has 0 spiro atoms. The van der Waals surface area contributed by atoms with Gasteiger partial charge in [0.05, 0.1) is 6.61 Å². The quantitative estimate of drug-likeness (QED) is 0.713. The molecule has 0 radical (unpaired) electrons. The lowest BCUT2D eigenvalue weighted by molar-refractivity contribution is -0.0636. The Hall–Kier alpha value is -0.160. The normalized spacial score (nSPS) is 20.6. The van der Waals surface area contributed by atoms with Gasteiger partial charge in [-0.2, -0.15) is 0 Å².